The molecule has 0 aliphatic rings. The molecule has 5 nitrogen and oxygen atoms in total. The summed E-state index contributed by atoms with van der Waals surface area (Å²) in [6.07, 6.45) is 0.909. The number of benzene rings is 2. The van der Waals surface area contributed by atoms with Crippen LogP contribution in [0.3, 0.4) is 0 Å². The molecule has 0 aliphatic heterocycles. The Morgan fingerprint density at radius 3 is 2.43 bits per heavy atom. The molecule has 1 heterocycles. The zero-order valence-corrected chi connectivity index (χ0v) is 15.7. The number of hydrogen-bond donors (Lipinski definition) is 1. The molecule has 3 aromatic rings. The number of carbonyl (C=O) groups excluding carboxylic acids is 1. The summed E-state index contributed by atoms with van der Waals surface area (Å²) in [5, 5.41) is 2.77. The number of aryl methyl sites for hydroxylation is 1. The van der Waals surface area contributed by atoms with E-state index in [9.17, 15) is 9.18 Å². The van der Waals surface area contributed by atoms with Crippen molar-refractivity contribution in [2.75, 3.05) is 11.9 Å². The van der Waals surface area contributed by atoms with Gasteiger partial charge >= 0.3 is 0 Å². The molecule has 0 fully saturated rings. The lowest BCUT2D eigenvalue weighted by Gasteiger charge is -2.12. The zero-order valence-electron chi connectivity index (χ0n) is 15.7. The maximum absolute atomic E-state index is 13.1. The van der Waals surface area contributed by atoms with E-state index in [2.05, 4.69) is 10.3 Å². The lowest BCUT2D eigenvalue weighted by molar-refractivity contribution is 0.102. The predicted molar refractivity (Wildman–Crippen MR) is 106 cm³/mol. The van der Waals surface area contributed by atoms with Gasteiger partial charge in [0.15, 0.2) is 11.5 Å². The second-order valence-electron chi connectivity index (χ2n) is 6.14. The molecule has 1 amide bonds. The van der Waals surface area contributed by atoms with Crippen LogP contribution in [-0.4, -0.2) is 17.5 Å². The summed E-state index contributed by atoms with van der Waals surface area (Å²) >= 11 is 0. The Kier molecular flexibility index (Phi) is 6.22. The highest BCUT2D eigenvalue weighted by Crippen LogP contribution is 2.31. The number of ether oxygens (including phenoxy) is 2. The van der Waals surface area contributed by atoms with Crippen molar-refractivity contribution < 1.29 is 18.7 Å². The van der Waals surface area contributed by atoms with Gasteiger partial charge in [-0.25, -0.2) is 4.98 Å². The van der Waals surface area contributed by atoms with Crippen LogP contribution in [0.5, 0.6) is 17.2 Å². The lowest BCUT2D eigenvalue weighted by atomic mass is 10.2. The van der Waals surface area contributed by atoms with Crippen molar-refractivity contribution in [1.82, 2.24) is 4.98 Å². The third-order valence-corrected chi connectivity index (χ3v) is 3.95. The molecule has 1 aromatic heterocycles. The highest BCUT2D eigenvalue weighted by Gasteiger charge is 2.11. The summed E-state index contributed by atoms with van der Waals surface area (Å²) in [5.74, 6) is 0.961. The summed E-state index contributed by atoms with van der Waals surface area (Å²) in [5.41, 5.74) is 1.25. The van der Waals surface area contributed by atoms with E-state index in [1.165, 1.54) is 6.07 Å². The van der Waals surface area contributed by atoms with E-state index in [0.717, 1.165) is 12.5 Å². The standard InChI is InChI=1S/C22H21FN2O3/c1-3-14-27-19-6-4-5-7-20(19)28-17-10-8-16(9-11-17)25-22(26)18-12-13-21(23)24-15(18)2/h4-13H,3,14H2,1-2H3,(H,25,26). The topological polar surface area (TPSA) is 60.5 Å². The van der Waals surface area contributed by atoms with Gasteiger partial charge < -0.3 is 14.8 Å². The molecule has 0 bridgehead atoms. The quantitative estimate of drug-likeness (QED) is 0.560. The molecule has 0 radical (unpaired) electrons. The van der Waals surface area contributed by atoms with Crippen molar-refractivity contribution in [3.63, 3.8) is 0 Å². The number of carbonyl (C=O) groups is 1. The second-order valence-corrected chi connectivity index (χ2v) is 6.14. The molecule has 28 heavy (non-hydrogen) atoms. The van der Waals surface area contributed by atoms with Crippen LogP contribution in [0.25, 0.3) is 0 Å². The predicted octanol–water partition coefficient (Wildman–Crippen LogP) is 5.36. The number of para-hydroxylation sites is 2. The van der Waals surface area contributed by atoms with E-state index in [0.29, 0.717) is 40.8 Å². The van der Waals surface area contributed by atoms with Crippen LogP contribution < -0.4 is 14.8 Å². The minimum Gasteiger partial charge on any atom is -0.490 e. The van der Waals surface area contributed by atoms with E-state index in [4.69, 9.17) is 9.47 Å². The lowest BCUT2D eigenvalue weighted by Crippen LogP contribution is -2.14. The Hall–Kier alpha value is -3.41. The number of aromatic nitrogens is 1. The highest BCUT2D eigenvalue weighted by molar-refractivity contribution is 6.04. The molecule has 0 spiro atoms. The van der Waals surface area contributed by atoms with Crippen LogP contribution in [0, 0.1) is 12.9 Å². The molecule has 144 valence electrons. The van der Waals surface area contributed by atoms with Crippen molar-refractivity contribution in [3.8, 4) is 17.2 Å². The minimum atomic E-state index is -0.612. The van der Waals surface area contributed by atoms with Gasteiger partial charge in [-0.15, -0.1) is 0 Å². The van der Waals surface area contributed by atoms with Gasteiger partial charge in [0.2, 0.25) is 5.95 Å². The molecule has 0 unspecified atom stereocenters. The first-order chi connectivity index (χ1) is 13.6. The first-order valence-electron chi connectivity index (χ1n) is 9.01. The first kappa shape index (κ1) is 19.4. The Bertz CT molecular complexity index is 958. The third-order valence-electron chi connectivity index (χ3n) is 3.95. The number of amides is 1. The molecule has 0 saturated carbocycles. The fourth-order valence-corrected chi connectivity index (χ4v) is 2.57. The summed E-state index contributed by atoms with van der Waals surface area (Å²) < 4.78 is 24.7. The average molecular weight is 380 g/mol. The monoisotopic (exact) mass is 380 g/mol. The van der Waals surface area contributed by atoms with Crippen molar-refractivity contribution in [1.29, 1.82) is 0 Å². The Labute approximate surface area is 163 Å². The van der Waals surface area contributed by atoms with E-state index in [-0.39, 0.29) is 5.91 Å². The molecule has 2 aromatic carbocycles. The first-order valence-corrected chi connectivity index (χ1v) is 9.01. The van der Waals surface area contributed by atoms with Gasteiger partial charge in [0, 0.05) is 5.69 Å². The maximum Gasteiger partial charge on any atom is 0.257 e. The number of nitrogens with zero attached hydrogens (tertiary/aromatic N) is 1. The number of nitrogens with one attached hydrogen (secondary N) is 1. The fourth-order valence-electron chi connectivity index (χ4n) is 2.57. The van der Waals surface area contributed by atoms with E-state index in [1.54, 1.807) is 31.2 Å². The van der Waals surface area contributed by atoms with Gasteiger partial charge in [-0.2, -0.15) is 4.39 Å². The number of halogens is 1. The van der Waals surface area contributed by atoms with Gasteiger partial charge in [0.05, 0.1) is 17.9 Å². The summed E-state index contributed by atoms with van der Waals surface area (Å²) in [4.78, 5) is 16.0. The fraction of sp³-hybridized carbons (Fsp3) is 0.182. The van der Waals surface area contributed by atoms with Crippen molar-refractivity contribution >= 4 is 11.6 Å². The molecule has 0 aliphatic carbocycles. The summed E-state index contributed by atoms with van der Waals surface area (Å²) in [6.45, 7) is 4.25. The molecular weight excluding hydrogens is 359 g/mol. The Morgan fingerprint density at radius 1 is 1.04 bits per heavy atom. The van der Waals surface area contributed by atoms with Gasteiger partial charge in [0.1, 0.15) is 5.75 Å². The normalized spacial score (nSPS) is 10.4. The van der Waals surface area contributed by atoms with Gasteiger partial charge in [0.25, 0.3) is 5.91 Å². The molecular formula is C22H21FN2O3. The van der Waals surface area contributed by atoms with Gasteiger partial charge in [-0.1, -0.05) is 19.1 Å². The van der Waals surface area contributed by atoms with Crippen molar-refractivity contribution in [2.45, 2.75) is 20.3 Å². The third kappa shape index (κ3) is 4.85. The van der Waals surface area contributed by atoms with Crippen LogP contribution in [0.15, 0.2) is 60.7 Å². The molecule has 1 N–H and O–H groups in total. The van der Waals surface area contributed by atoms with Crippen LogP contribution in [0.1, 0.15) is 29.4 Å². The van der Waals surface area contributed by atoms with Gasteiger partial charge in [-0.3, -0.25) is 4.79 Å². The van der Waals surface area contributed by atoms with Crippen LogP contribution in [0.2, 0.25) is 0 Å². The molecule has 0 atom stereocenters. The maximum atomic E-state index is 13.1. The molecule has 0 saturated heterocycles. The smallest absolute Gasteiger partial charge is 0.257 e. The summed E-state index contributed by atoms with van der Waals surface area (Å²) in [6, 6.07) is 17.0. The Morgan fingerprint density at radius 2 is 1.75 bits per heavy atom. The second kappa shape index (κ2) is 8.99. The Balaban J connectivity index is 1.68. The highest BCUT2D eigenvalue weighted by atomic mass is 19.1. The van der Waals surface area contributed by atoms with Crippen molar-refractivity contribution in [3.05, 3.63) is 77.9 Å². The molecule has 6 heteroatoms. The van der Waals surface area contributed by atoms with E-state index >= 15 is 0 Å². The van der Waals surface area contributed by atoms with E-state index < -0.39 is 5.95 Å². The van der Waals surface area contributed by atoms with E-state index in [1.807, 2.05) is 31.2 Å². The largest absolute Gasteiger partial charge is 0.490 e. The number of pyridine rings is 1. The number of hydrogen-bond acceptors (Lipinski definition) is 4. The number of rotatable bonds is 7. The minimum absolute atomic E-state index is 0.323. The number of anilines is 1. The van der Waals surface area contributed by atoms with Crippen LogP contribution in [0.4, 0.5) is 10.1 Å². The SMILES string of the molecule is CCCOc1ccccc1Oc1ccc(NC(=O)c2ccc(F)nc2C)cc1. The zero-order chi connectivity index (χ0) is 19.9. The van der Waals surface area contributed by atoms with Crippen molar-refractivity contribution in [2.24, 2.45) is 0 Å². The summed E-state index contributed by atoms with van der Waals surface area (Å²) in [7, 11) is 0. The average Bonchev–Trinajstić information content (AvgIpc) is 2.68. The molecule has 3 rings (SSSR count). The van der Waals surface area contributed by atoms with Gasteiger partial charge in [-0.05, 0) is 61.9 Å². The van der Waals surface area contributed by atoms with Crippen LogP contribution in [-0.2, 0) is 0 Å². The van der Waals surface area contributed by atoms with Crippen LogP contribution >= 0.6 is 0 Å².